The number of thioether (sulfide) groups is 1. The highest BCUT2D eigenvalue weighted by atomic mass is 32.2. The normalized spacial score (nSPS) is 15.4. The number of thiocarbonyl (C=S) groups is 1. The van der Waals surface area contributed by atoms with Gasteiger partial charge in [0.25, 0.3) is 5.91 Å². The predicted octanol–water partition coefficient (Wildman–Crippen LogP) is 6.24. The Morgan fingerprint density at radius 3 is 2.42 bits per heavy atom. The maximum Gasteiger partial charge on any atom is 0.266 e. The van der Waals surface area contributed by atoms with Crippen LogP contribution in [-0.2, 0) is 4.79 Å². The third-order valence-electron chi connectivity index (χ3n) is 5.20. The SMILES string of the molecule is Cc1cc(-c2nn(-c3ccccc3)cc2/C=C2/SC(=S)N(C(C)C)C2=O)ccc1OC(C)C. The van der Waals surface area contributed by atoms with Crippen LogP contribution in [0.4, 0.5) is 0 Å². The van der Waals surface area contributed by atoms with Crippen LogP contribution >= 0.6 is 24.0 Å². The second-order valence-corrected chi connectivity index (χ2v) is 10.2. The number of hydrogen-bond acceptors (Lipinski definition) is 5. The summed E-state index contributed by atoms with van der Waals surface area (Å²) < 4.78 is 8.34. The maximum atomic E-state index is 13.0. The highest BCUT2D eigenvalue weighted by molar-refractivity contribution is 8.26. The van der Waals surface area contributed by atoms with Crippen molar-refractivity contribution in [1.82, 2.24) is 14.7 Å². The molecule has 0 aliphatic carbocycles. The molecule has 33 heavy (non-hydrogen) atoms. The van der Waals surface area contributed by atoms with Gasteiger partial charge in [0.15, 0.2) is 0 Å². The van der Waals surface area contributed by atoms with Gasteiger partial charge in [0.2, 0.25) is 0 Å². The van der Waals surface area contributed by atoms with E-state index in [0.717, 1.165) is 33.8 Å². The fourth-order valence-electron chi connectivity index (χ4n) is 3.68. The number of amides is 1. The molecule has 1 amide bonds. The van der Waals surface area contributed by atoms with Crippen LogP contribution in [0.15, 0.2) is 59.6 Å². The number of para-hydroxylation sites is 1. The van der Waals surface area contributed by atoms with Crippen LogP contribution in [0.25, 0.3) is 23.0 Å². The molecule has 1 fully saturated rings. The molecule has 0 spiro atoms. The van der Waals surface area contributed by atoms with Crippen LogP contribution in [0.5, 0.6) is 5.75 Å². The summed E-state index contributed by atoms with van der Waals surface area (Å²) in [7, 11) is 0. The van der Waals surface area contributed by atoms with Crippen molar-refractivity contribution in [2.24, 2.45) is 0 Å². The van der Waals surface area contributed by atoms with Gasteiger partial charge in [-0.1, -0.05) is 42.2 Å². The first kappa shape index (κ1) is 23.3. The van der Waals surface area contributed by atoms with Crippen molar-refractivity contribution in [2.75, 3.05) is 0 Å². The van der Waals surface area contributed by atoms with Gasteiger partial charge in [-0.05, 0) is 76.6 Å². The number of nitrogens with zero attached hydrogens (tertiary/aromatic N) is 3. The van der Waals surface area contributed by atoms with Gasteiger partial charge in [-0.2, -0.15) is 5.10 Å². The van der Waals surface area contributed by atoms with Crippen molar-refractivity contribution >= 4 is 40.3 Å². The van der Waals surface area contributed by atoms with Gasteiger partial charge < -0.3 is 4.74 Å². The number of aromatic nitrogens is 2. The Morgan fingerprint density at radius 1 is 1.09 bits per heavy atom. The Labute approximate surface area is 204 Å². The summed E-state index contributed by atoms with van der Waals surface area (Å²) in [4.78, 5) is 15.3. The van der Waals surface area contributed by atoms with Gasteiger partial charge >= 0.3 is 0 Å². The summed E-state index contributed by atoms with van der Waals surface area (Å²) in [6.45, 7) is 10.00. The van der Waals surface area contributed by atoms with Crippen molar-refractivity contribution in [2.45, 2.75) is 46.8 Å². The average molecular weight is 478 g/mol. The minimum Gasteiger partial charge on any atom is -0.491 e. The van der Waals surface area contributed by atoms with Gasteiger partial charge in [0.05, 0.1) is 16.7 Å². The maximum absolute atomic E-state index is 13.0. The molecule has 1 aliphatic rings. The number of hydrogen-bond donors (Lipinski definition) is 0. The number of aryl methyl sites for hydroxylation is 1. The molecule has 0 unspecified atom stereocenters. The zero-order chi connectivity index (χ0) is 23.7. The molecule has 1 saturated heterocycles. The summed E-state index contributed by atoms with van der Waals surface area (Å²) in [6.07, 6.45) is 3.96. The average Bonchev–Trinajstić information content (AvgIpc) is 3.30. The van der Waals surface area contributed by atoms with Crippen molar-refractivity contribution < 1.29 is 9.53 Å². The van der Waals surface area contributed by atoms with Crippen LogP contribution in [0.3, 0.4) is 0 Å². The zero-order valence-electron chi connectivity index (χ0n) is 19.4. The lowest BCUT2D eigenvalue weighted by Gasteiger charge is -2.18. The molecule has 0 N–H and O–H groups in total. The number of benzene rings is 2. The summed E-state index contributed by atoms with van der Waals surface area (Å²) in [5.74, 6) is 0.797. The number of ether oxygens (including phenoxy) is 1. The van der Waals surface area contributed by atoms with Gasteiger partial charge in [-0.25, -0.2) is 4.68 Å². The highest BCUT2D eigenvalue weighted by Crippen LogP contribution is 2.36. The summed E-state index contributed by atoms with van der Waals surface area (Å²) in [5, 5.41) is 4.89. The lowest BCUT2D eigenvalue weighted by molar-refractivity contribution is -0.123. The van der Waals surface area contributed by atoms with Crippen LogP contribution in [0, 0.1) is 6.92 Å². The molecule has 0 atom stereocenters. The molecule has 2 heterocycles. The van der Waals surface area contributed by atoms with E-state index in [2.05, 4.69) is 6.07 Å². The lowest BCUT2D eigenvalue weighted by atomic mass is 10.0. The Morgan fingerprint density at radius 2 is 1.82 bits per heavy atom. The smallest absolute Gasteiger partial charge is 0.266 e. The molecule has 3 aromatic rings. The van der Waals surface area contributed by atoms with Crippen LogP contribution in [-0.4, -0.2) is 37.1 Å². The van der Waals surface area contributed by atoms with Crippen molar-refractivity contribution in [3.8, 4) is 22.7 Å². The zero-order valence-corrected chi connectivity index (χ0v) is 21.0. The quantitative estimate of drug-likeness (QED) is 0.310. The molecule has 170 valence electrons. The number of carbonyl (C=O) groups excluding carboxylic acids is 1. The topological polar surface area (TPSA) is 47.4 Å². The summed E-state index contributed by atoms with van der Waals surface area (Å²) in [5.41, 5.74) is 4.61. The van der Waals surface area contributed by atoms with E-state index in [9.17, 15) is 4.79 Å². The van der Waals surface area contributed by atoms with Crippen LogP contribution < -0.4 is 4.74 Å². The summed E-state index contributed by atoms with van der Waals surface area (Å²) >= 11 is 6.79. The predicted molar refractivity (Wildman–Crippen MR) is 140 cm³/mol. The molecular weight excluding hydrogens is 450 g/mol. The van der Waals surface area contributed by atoms with Crippen molar-refractivity contribution in [1.29, 1.82) is 0 Å². The largest absolute Gasteiger partial charge is 0.491 e. The molecular formula is C26H27N3O2S2. The van der Waals surface area contributed by atoms with Gasteiger partial charge in [0, 0.05) is 23.4 Å². The minimum atomic E-state index is -0.0599. The Bertz CT molecular complexity index is 1230. The van der Waals surface area contributed by atoms with E-state index in [1.165, 1.54) is 11.8 Å². The van der Waals surface area contributed by atoms with Crippen molar-refractivity contribution in [3.63, 3.8) is 0 Å². The first-order valence-electron chi connectivity index (χ1n) is 10.9. The fourth-order valence-corrected chi connectivity index (χ4v) is 5.19. The van der Waals surface area contributed by atoms with E-state index in [-0.39, 0.29) is 18.1 Å². The third kappa shape index (κ3) is 4.89. The third-order valence-corrected chi connectivity index (χ3v) is 6.53. The van der Waals surface area contributed by atoms with E-state index in [0.29, 0.717) is 9.23 Å². The Balaban J connectivity index is 1.80. The first-order valence-corrected chi connectivity index (χ1v) is 12.2. The Hall–Kier alpha value is -2.90. The fraction of sp³-hybridized carbons (Fsp3) is 0.269. The number of carbonyl (C=O) groups is 1. The summed E-state index contributed by atoms with van der Waals surface area (Å²) in [6, 6.07) is 16.0. The molecule has 2 aromatic carbocycles. The van der Waals surface area contributed by atoms with E-state index >= 15 is 0 Å². The molecule has 5 nitrogen and oxygen atoms in total. The molecule has 4 rings (SSSR count). The Kier molecular flexibility index (Phi) is 6.72. The van der Waals surface area contributed by atoms with E-state index in [4.69, 9.17) is 22.1 Å². The van der Waals surface area contributed by atoms with Gasteiger partial charge in [0.1, 0.15) is 15.8 Å². The first-order chi connectivity index (χ1) is 15.7. The molecule has 1 aliphatic heterocycles. The van der Waals surface area contributed by atoms with Gasteiger partial charge in [-0.3, -0.25) is 9.69 Å². The molecule has 1 aromatic heterocycles. The number of rotatable bonds is 6. The lowest BCUT2D eigenvalue weighted by Crippen LogP contribution is -2.34. The molecule has 0 radical (unpaired) electrons. The molecule has 7 heteroatoms. The second kappa shape index (κ2) is 9.53. The standard InChI is InChI=1S/C26H27N3O2S2/c1-16(2)29-25(30)23(33-26(29)32)14-20-15-28(21-9-7-6-8-10-21)27-24(20)19-11-12-22(18(5)13-19)31-17(3)4/h6-17H,1-5H3/b23-14+. The second-order valence-electron chi connectivity index (χ2n) is 8.51. The van der Waals surface area contributed by atoms with Crippen LogP contribution in [0.1, 0.15) is 38.8 Å². The van der Waals surface area contributed by atoms with Crippen molar-refractivity contribution in [3.05, 3.63) is 70.8 Å². The highest BCUT2D eigenvalue weighted by Gasteiger charge is 2.34. The molecule has 0 bridgehead atoms. The van der Waals surface area contributed by atoms with E-state index in [1.54, 1.807) is 4.90 Å². The monoisotopic (exact) mass is 477 g/mol. The van der Waals surface area contributed by atoms with Crippen LogP contribution in [0.2, 0.25) is 0 Å². The van der Waals surface area contributed by atoms with E-state index in [1.807, 2.05) is 94.0 Å². The minimum absolute atomic E-state index is 0.0195. The van der Waals surface area contributed by atoms with Gasteiger partial charge in [-0.15, -0.1) is 0 Å². The van der Waals surface area contributed by atoms with E-state index < -0.39 is 0 Å². The molecule has 0 saturated carbocycles.